The molecule has 0 amide bonds. The zero-order chi connectivity index (χ0) is 17.1. The number of nitrogens with one attached hydrogen (secondary N) is 1. The van der Waals surface area contributed by atoms with E-state index < -0.39 is 0 Å². The van der Waals surface area contributed by atoms with Crippen LogP contribution in [0.15, 0.2) is 60.7 Å². The number of benzene rings is 2. The van der Waals surface area contributed by atoms with Crippen LogP contribution in [0.2, 0.25) is 0 Å². The first-order valence-corrected chi connectivity index (χ1v) is 8.29. The van der Waals surface area contributed by atoms with Crippen molar-refractivity contribution in [2.45, 2.75) is 12.5 Å². The van der Waals surface area contributed by atoms with E-state index in [0.717, 1.165) is 29.2 Å². The number of methoxy groups -OCH3 is 1. The highest BCUT2D eigenvalue weighted by molar-refractivity contribution is 5.62. The second-order valence-corrected chi connectivity index (χ2v) is 5.92. The molecule has 0 bridgehead atoms. The lowest BCUT2D eigenvalue weighted by molar-refractivity contribution is 0.246. The SMILES string of the molecule is COc1nc(NCC2Cc3ccccc3O2)cc(-c2ccccc2)n1. The van der Waals surface area contributed by atoms with Gasteiger partial charge >= 0.3 is 6.01 Å². The quantitative estimate of drug-likeness (QED) is 0.773. The molecule has 1 aliphatic heterocycles. The molecule has 1 aromatic heterocycles. The Morgan fingerprint density at radius 2 is 1.88 bits per heavy atom. The monoisotopic (exact) mass is 333 g/mol. The van der Waals surface area contributed by atoms with Gasteiger partial charge in [-0.05, 0) is 11.6 Å². The Bertz CT molecular complexity index is 843. The molecule has 0 saturated carbocycles. The van der Waals surface area contributed by atoms with Gasteiger partial charge in [0.1, 0.15) is 17.7 Å². The molecule has 1 unspecified atom stereocenters. The Balaban J connectivity index is 1.49. The molecule has 1 aliphatic rings. The normalized spacial score (nSPS) is 15.3. The Morgan fingerprint density at radius 1 is 1.08 bits per heavy atom. The van der Waals surface area contributed by atoms with Gasteiger partial charge in [0.2, 0.25) is 0 Å². The Hall–Kier alpha value is -3.08. The van der Waals surface area contributed by atoms with Gasteiger partial charge in [-0.1, -0.05) is 48.5 Å². The summed E-state index contributed by atoms with van der Waals surface area (Å²) in [7, 11) is 1.57. The van der Waals surface area contributed by atoms with Crippen LogP contribution in [0.1, 0.15) is 5.56 Å². The highest BCUT2D eigenvalue weighted by atomic mass is 16.5. The summed E-state index contributed by atoms with van der Waals surface area (Å²) >= 11 is 0. The van der Waals surface area contributed by atoms with Gasteiger partial charge in [-0.15, -0.1) is 0 Å². The minimum absolute atomic E-state index is 0.0959. The molecule has 4 rings (SSSR count). The number of fused-ring (bicyclic) bond motifs is 1. The van der Waals surface area contributed by atoms with E-state index >= 15 is 0 Å². The van der Waals surface area contributed by atoms with Crippen molar-refractivity contribution in [3.63, 3.8) is 0 Å². The lowest BCUT2D eigenvalue weighted by Gasteiger charge is -2.13. The first-order valence-electron chi connectivity index (χ1n) is 8.29. The fourth-order valence-electron chi connectivity index (χ4n) is 2.95. The number of nitrogens with zero attached hydrogens (tertiary/aromatic N) is 2. The molecule has 5 heteroatoms. The van der Waals surface area contributed by atoms with Crippen molar-refractivity contribution in [2.24, 2.45) is 0 Å². The summed E-state index contributed by atoms with van der Waals surface area (Å²) in [5.41, 5.74) is 3.10. The summed E-state index contributed by atoms with van der Waals surface area (Å²) in [6.45, 7) is 0.670. The van der Waals surface area contributed by atoms with Crippen molar-refractivity contribution in [1.82, 2.24) is 9.97 Å². The standard InChI is InChI=1S/C20H19N3O2/c1-24-20-22-17(14-7-3-2-4-8-14)12-19(23-20)21-13-16-11-15-9-5-6-10-18(15)25-16/h2-10,12,16H,11,13H2,1H3,(H,21,22,23). The van der Waals surface area contributed by atoms with Crippen molar-refractivity contribution >= 4 is 5.82 Å². The number of para-hydroxylation sites is 1. The Morgan fingerprint density at radius 3 is 2.68 bits per heavy atom. The molecule has 1 N–H and O–H groups in total. The number of hydrogen-bond donors (Lipinski definition) is 1. The summed E-state index contributed by atoms with van der Waals surface area (Å²) < 4.78 is 11.2. The predicted molar refractivity (Wildman–Crippen MR) is 97.1 cm³/mol. The number of anilines is 1. The third-order valence-electron chi connectivity index (χ3n) is 4.18. The van der Waals surface area contributed by atoms with Crippen LogP contribution >= 0.6 is 0 Å². The van der Waals surface area contributed by atoms with E-state index in [1.807, 2.05) is 54.6 Å². The molecular weight excluding hydrogens is 314 g/mol. The van der Waals surface area contributed by atoms with Gasteiger partial charge < -0.3 is 14.8 Å². The molecule has 25 heavy (non-hydrogen) atoms. The number of ether oxygens (including phenoxy) is 2. The average molecular weight is 333 g/mol. The third-order valence-corrected chi connectivity index (χ3v) is 4.18. The molecule has 0 spiro atoms. The maximum absolute atomic E-state index is 5.96. The fourth-order valence-corrected chi connectivity index (χ4v) is 2.95. The zero-order valence-electron chi connectivity index (χ0n) is 14.0. The molecule has 2 aromatic carbocycles. The molecule has 0 aliphatic carbocycles. The minimum Gasteiger partial charge on any atom is -0.488 e. The smallest absolute Gasteiger partial charge is 0.318 e. The topological polar surface area (TPSA) is 56.3 Å². The molecule has 0 fully saturated rings. The van der Waals surface area contributed by atoms with Crippen LogP contribution in [0.3, 0.4) is 0 Å². The van der Waals surface area contributed by atoms with Crippen LogP contribution in [-0.2, 0) is 6.42 Å². The van der Waals surface area contributed by atoms with Gasteiger partial charge in [0.25, 0.3) is 0 Å². The van der Waals surface area contributed by atoms with Crippen LogP contribution in [0.25, 0.3) is 11.3 Å². The highest BCUT2D eigenvalue weighted by Gasteiger charge is 2.22. The summed E-state index contributed by atoms with van der Waals surface area (Å²) in [6, 6.07) is 20.4. The zero-order valence-corrected chi connectivity index (χ0v) is 14.0. The third kappa shape index (κ3) is 3.40. The van der Waals surface area contributed by atoms with Gasteiger partial charge in [-0.25, -0.2) is 0 Å². The van der Waals surface area contributed by atoms with E-state index in [0.29, 0.717) is 12.6 Å². The second-order valence-electron chi connectivity index (χ2n) is 5.92. The average Bonchev–Trinajstić information content (AvgIpc) is 3.10. The second kappa shape index (κ2) is 6.81. The number of aromatic nitrogens is 2. The molecule has 3 aromatic rings. The van der Waals surface area contributed by atoms with Crippen molar-refractivity contribution < 1.29 is 9.47 Å². The summed E-state index contributed by atoms with van der Waals surface area (Å²) in [5, 5.41) is 3.35. The van der Waals surface area contributed by atoms with Gasteiger partial charge in [-0.2, -0.15) is 9.97 Å². The fraction of sp³-hybridized carbons (Fsp3) is 0.200. The molecule has 1 atom stereocenters. The highest BCUT2D eigenvalue weighted by Crippen LogP contribution is 2.28. The van der Waals surface area contributed by atoms with Crippen molar-refractivity contribution in [3.8, 4) is 23.0 Å². The first kappa shape index (κ1) is 15.4. The summed E-state index contributed by atoms with van der Waals surface area (Å²) in [6.07, 6.45) is 0.996. The molecule has 126 valence electrons. The Labute approximate surface area is 146 Å². The van der Waals surface area contributed by atoms with Crippen LogP contribution in [0.4, 0.5) is 5.82 Å². The van der Waals surface area contributed by atoms with Gasteiger partial charge in [0.15, 0.2) is 0 Å². The number of rotatable bonds is 5. The molecule has 2 heterocycles. The maximum Gasteiger partial charge on any atom is 0.318 e. The van der Waals surface area contributed by atoms with Gasteiger partial charge in [0, 0.05) is 18.1 Å². The van der Waals surface area contributed by atoms with Crippen LogP contribution in [0.5, 0.6) is 11.8 Å². The predicted octanol–water partition coefficient (Wildman–Crippen LogP) is 3.57. The van der Waals surface area contributed by atoms with Crippen LogP contribution in [0, 0.1) is 0 Å². The largest absolute Gasteiger partial charge is 0.488 e. The van der Waals surface area contributed by atoms with Gasteiger partial charge in [-0.3, -0.25) is 0 Å². The van der Waals surface area contributed by atoms with Crippen LogP contribution in [-0.4, -0.2) is 29.7 Å². The Kier molecular flexibility index (Phi) is 4.21. The maximum atomic E-state index is 5.96. The molecule has 0 saturated heterocycles. The van der Waals surface area contributed by atoms with Crippen LogP contribution < -0.4 is 14.8 Å². The van der Waals surface area contributed by atoms with Gasteiger partial charge in [0.05, 0.1) is 19.3 Å². The number of hydrogen-bond acceptors (Lipinski definition) is 5. The lowest BCUT2D eigenvalue weighted by atomic mass is 10.1. The summed E-state index contributed by atoms with van der Waals surface area (Å²) in [5.74, 6) is 1.70. The van der Waals surface area contributed by atoms with E-state index in [9.17, 15) is 0 Å². The molecular formula is C20H19N3O2. The van der Waals surface area contributed by atoms with Crippen molar-refractivity contribution in [3.05, 3.63) is 66.2 Å². The summed E-state index contributed by atoms with van der Waals surface area (Å²) in [4.78, 5) is 8.82. The lowest BCUT2D eigenvalue weighted by Crippen LogP contribution is -2.24. The van der Waals surface area contributed by atoms with E-state index in [4.69, 9.17) is 9.47 Å². The molecule has 5 nitrogen and oxygen atoms in total. The molecule has 0 radical (unpaired) electrons. The van der Waals surface area contributed by atoms with E-state index in [2.05, 4.69) is 21.4 Å². The van der Waals surface area contributed by atoms with Crippen molar-refractivity contribution in [1.29, 1.82) is 0 Å². The van der Waals surface area contributed by atoms with E-state index in [-0.39, 0.29) is 6.10 Å². The van der Waals surface area contributed by atoms with Crippen molar-refractivity contribution in [2.75, 3.05) is 19.0 Å². The minimum atomic E-state index is 0.0959. The first-order chi connectivity index (χ1) is 12.3. The van der Waals surface area contributed by atoms with E-state index in [1.54, 1.807) is 7.11 Å². The van der Waals surface area contributed by atoms with E-state index in [1.165, 1.54) is 5.56 Å².